The van der Waals surface area contributed by atoms with E-state index in [2.05, 4.69) is 5.32 Å². The third-order valence-electron chi connectivity index (χ3n) is 3.58. The highest BCUT2D eigenvalue weighted by Gasteiger charge is 2.18. The molecule has 0 aliphatic rings. The minimum absolute atomic E-state index is 0.0652. The molecule has 0 unspecified atom stereocenters. The molecule has 2 aromatic rings. The molecule has 0 aliphatic heterocycles. The zero-order chi connectivity index (χ0) is 20.0. The van der Waals surface area contributed by atoms with Crippen LogP contribution in [-0.2, 0) is 19.6 Å². The quantitative estimate of drug-likeness (QED) is 0.559. The van der Waals surface area contributed by atoms with E-state index in [0.29, 0.717) is 5.69 Å². The fraction of sp³-hybridized carbons (Fsp3) is 0.222. The van der Waals surface area contributed by atoms with E-state index in [9.17, 15) is 18.0 Å². The van der Waals surface area contributed by atoms with Crippen LogP contribution in [-0.4, -0.2) is 51.6 Å². The van der Waals surface area contributed by atoms with Crippen molar-refractivity contribution in [1.29, 1.82) is 0 Å². The highest BCUT2D eigenvalue weighted by atomic mass is 32.2. The highest BCUT2D eigenvalue weighted by Crippen LogP contribution is 2.24. The third-order valence-corrected chi connectivity index (χ3v) is 6.21. The molecule has 0 fully saturated rings. The van der Waals surface area contributed by atoms with Crippen molar-refractivity contribution in [2.75, 3.05) is 32.3 Å². The fourth-order valence-corrected chi connectivity index (χ4v) is 3.58. The number of rotatable bonds is 7. The smallest absolute Gasteiger partial charge is 0.338 e. The normalized spacial score (nSPS) is 11.3. The van der Waals surface area contributed by atoms with E-state index in [4.69, 9.17) is 4.74 Å². The first-order chi connectivity index (χ1) is 12.8. The molecular formula is C18H20N2O5S2. The first kappa shape index (κ1) is 20.9. The maximum absolute atomic E-state index is 12.1. The number of esters is 1. The van der Waals surface area contributed by atoms with Crippen LogP contribution in [0.15, 0.2) is 58.3 Å². The van der Waals surface area contributed by atoms with Crippen molar-refractivity contribution < 1.29 is 22.7 Å². The maximum atomic E-state index is 12.1. The Kier molecular flexibility index (Phi) is 7.00. The number of para-hydroxylation sites is 1. The summed E-state index contributed by atoms with van der Waals surface area (Å²) in [5, 5.41) is 2.69. The van der Waals surface area contributed by atoms with Crippen molar-refractivity contribution in [2.24, 2.45) is 0 Å². The molecule has 2 aromatic carbocycles. The number of benzene rings is 2. The summed E-state index contributed by atoms with van der Waals surface area (Å²) in [7, 11) is -0.727. The van der Waals surface area contributed by atoms with E-state index in [1.165, 1.54) is 50.1 Å². The summed E-state index contributed by atoms with van der Waals surface area (Å²) >= 11 is 1.49. The van der Waals surface area contributed by atoms with Gasteiger partial charge in [0.15, 0.2) is 6.61 Å². The van der Waals surface area contributed by atoms with Gasteiger partial charge in [-0.05, 0) is 42.7 Å². The van der Waals surface area contributed by atoms with Gasteiger partial charge in [0.1, 0.15) is 0 Å². The molecule has 0 radical (unpaired) electrons. The summed E-state index contributed by atoms with van der Waals surface area (Å²) < 4.78 is 30.1. The predicted octanol–water partition coefficient (Wildman–Crippen LogP) is 2.45. The first-order valence-electron chi connectivity index (χ1n) is 7.88. The SMILES string of the molecule is CSc1ccccc1NC(=O)COC(=O)c1ccc(S(=O)(=O)N(C)C)cc1. The topological polar surface area (TPSA) is 92.8 Å². The summed E-state index contributed by atoms with van der Waals surface area (Å²) in [5.74, 6) is -1.17. The maximum Gasteiger partial charge on any atom is 0.338 e. The van der Waals surface area contributed by atoms with Gasteiger partial charge in [0, 0.05) is 19.0 Å². The number of ether oxygens (including phenoxy) is 1. The summed E-state index contributed by atoms with van der Waals surface area (Å²) in [4.78, 5) is 25.0. The Bertz CT molecular complexity index is 925. The molecule has 1 amide bonds. The van der Waals surface area contributed by atoms with Crippen molar-refractivity contribution in [3.8, 4) is 0 Å². The molecule has 1 N–H and O–H groups in total. The fourth-order valence-electron chi connectivity index (χ4n) is 2.12. The number of hydrogen-bond acceptors (Lipinski definition) is 6. The van der Waals surface area contributed by atoms with E-state index in [0.717, 1.165) is 9.20 Å². The molecule has 0 atom stereocenters. The van der Waals surface area contributed by atoms with Crippen LogP contribution in [0.25, 0.3) is 0 Å². The molecule has 144 valence electrons. The number of nitrogens with zero attached hydrogens (tertiary/aromatic N) is 1. The molecule has 27 heavy (non-hydrogen) atoms. The van der Waals surface area contributed by atoms with Crippen molar-refractivity contribution in [2.45, 2.75) is 9.79 Å². The lowest BCUT2D eigenvalue weighted by atomic mass is 10.2. The van der Waals surface area contributed by atoms with Crippen LogP contribution in [0.1, 0.15) is 10.4 Å². The summed E-state index contributed by atoms with van der Waals surface area (Å²) in [6.45, 7) is -0.445. The highest BCUT2D eigenvalue weighted by molar-refractivity contribution is 7.98. The van der Waals surface area contributed by atoms with Gasteiger partial charge in [-0.15, -0.1) is 11.8 Å². The molecule has 0 aromatic heterocycles. The molecule has 0 aliphatic carbocycles. The Morgan fingerprint density at radius 1 is 1.07 bits per heavy atom. The monoisotopic (exact) mass is 408 g/mol. The van der Waals surface area contributed by atoms with Crippen LogP contribution in [0.2, 0.25) is 0 Å². The zero-order valence-corrected chi connectivity index (χ0v) is 16.8. The number of carbonyl (C=O) groups is 2. The molecule has 2 rings (SSSR count). The van der Waals surface area contributed by atoms with Crippen LogP contribution in [0, 0.1) is 0 Å². The minimum atomic E-state index is -3.57. The average molecular weight is 409 g/mol. The average Bonchev–Trinajstić information content (AvgIpc) is 2.66. The Morgan fingerprint density at radius 3 is 2.30 bits per heavy atom. The minimum Gasteiger partial charge on any atom is -0.452 e. The summed E-state index contributed by atoms with van der Waals surface area (Å²) in [6, 6.07) is 12.6. The van der Waals surface area contributed by atoms with Gasteiger partial charge < -0.3 is 10.1 Å². The molecule has 7 nitrogen and oxygen atoms in total. The lowest BCUT2D eigenvalue weighted by Gasteiger charge is -2.12. The second kappa shape index (κ2) is 9.03. The Labute approximate surface area is 162 Å². The van der Waals surface area contributed by atoms with Gasteiger partial charge in [-0.2, -0.15) is 0 Å². The Balaban J connectivity index is 1.96. The number of amides is 1. The number of anilines is 1. The third kappa shape index (κ3) is 5.31. The molecule has 0 saturated heterocycles. The molecule has 0 bridgehead atoms. The Morgan fingerprint density at radius 2 is 1.70 bits per heavy atom. The largest absolute Gasteiger partial charge is 0.452 e. The molecule has 0 saturated carbocycles. The van der Waals surface area contributed by atoms with Gasteiger partial charge in [0.25, 0.3) is 5.91 Å². The number of carbonyl (C=O) groups excluding carboxylic acids is 2. The second-order valence-corrected chi connectivity index (χ2v) is 8.64. The second-order valence-electron chi connectivity index (χ2n) is 5.64. The number of thioether (sulfide) groups is 1. The van der Waals surface area contributed by atoms with Gasteiger partial charge in [-0.3, -0.25) is 4.79 Å². The lowest BCUT2D eigenvalue weighted by molar-refractivity contribution is -0.119. The van der Waals surface area contributed by atoms with Gasteiger partial charge in [-0.25, -0.2) is 17.5 Å². The number of sulfonamides is 1. The molecule has 9 heteroatoms. The van der Waals surface area contributed by atoms with E-state index in [-0.39, 0.29) is 10.5 Å². The van der Waals surface area contributed by atoms with Crippen LogP contribution in [0.5, 0.6) is 0 Å². The molecule has 0 spiro atoms. The van der Waals surface area contributed by atoms with Crippen molar-refractivity contribution in [1.82, 2.24) is 4.31 Å². The number of hydrogen-bond donors (Lipinski definition) is 1. The Hall–Kier alpha value is -2.36. The van der Waals surface area contributed by atoms with Gasteiger partial charge >= 0.3 is 5.97 Å². The predicted molar refractivity (Wildman–Crippen MR) is 104 cm³/mol. The van der Waals surface area contributed by atoms with E-state index in [1.54, 1.807) is 12.1 Å². The van der Waals surface area contributed by atoms with Crippen molar-refractivity contribution in [3.63, 3.8) is 0 Å². The lowest BCUT2D eigenvalue weighted by Crippen LogP contribution is -2.22. The standard InChI is InChI=1S/C18H20N2O5S2/c1-20(2)27(23,24)14-10-8-13(9-11-14)18(22)25-12-17(21)19-15-6-4-5-7-16(15)26-3/h4-11H,12H2,1-3H3,(H,19,21). The molecular weight excluding hydrogens is 388 g/mol. The van der Waals surface area contributed by atoms with Crippen molar-refractivity contribution >= 4 is 39.3 Å². The van der Waals surface area contributed by atoms with Crippen LogP contribution in [0.3, 0.4) is 0 Å². The van der Waals surface area contributed by atoms with E-state index < -0.39 is 28.5 Å². The van der Waals surface area contributed by atoms with E-state index >= 15 is 0 Å². The zero-order valence-electron chi connectivity index (χ0n) is 15.1. The van der Waals surface area contributed by atoms with Gasteiger partial charge in [0.2, 0.25) is 10.0 Å². The summed E-state index contributed by atoms with van der Waals surface area (Å²) in [6.07, 6.45) is 1.89. The van der Waals surface area contributed by atoms with Crippen LogP contribution < -0.4 is 5.32 Å². The van der Waals surface area contributed by atoms with Gasteiger partial charge in [-0.1, -0.05) is 12.1 Å². The summed E-state index contributed by atoms with van der Waals surface area (Å²) in [5.41, 5.74) is 0.800. The molecule has 0 heterocycles. The number of nitrogens with one attached hydrogen (secondary N) is 1. The van der Waals surface area contributed by atoms with Crippen LogP contribution >= 0.6 is 11.8 Å². The van der Waals surface area contributed by atoms with E-state index in [1.807, 2.05) is 18.4 Å². The van der Waals surface area contributed by atoms with Gasteiger partial charge in [0.05, 0.1) is 16.1 Å². The first-order valence-corrected chi connectivity index (χ1v) is 10.5. The van der Waals surface area contributed by atoms with Crippen molar-refractivity contribution in [3.05, 3.63) is 54.1 Å². The van der Waals surface area contributed by atoms with Crippen LogP contribution in [0.4, 0.5) is 5.69 Å².